The van der Waals surface area contributed by atoms with Crippen LogP contribution in [0.1, 0.15) is 27.7 Å². The summed E-state index contributed by atoms with van der Waals surface area (Å²) in [6.45, 7) is 8.89. The van der Waals surface area contributed by atoms with Crippen LogP contribution in [0.3, 0.4) is 0 Å². The summed E-state index contributed by atoms with van der Waals surface area (Å²) in [4.78, 5) is 5.13. The van der Waals surface area contributed by atoms with Crippen LogP contribution >= 0.6 is 17.0 Å². The third-order valence-electron chi connectivity index (χ3n) is 0.523. The van der Waals surface area contributed by atoms with E-state index >= 15 is 0 Å². The standard InChI is InChI=1S/C6H15NO.BrH/c1-5-7-8-6(2,3)4;/h7H,5H2,1-4H3;1H. The van der Waals surface area contributed by atoms with Gasteiger partial charge in [0, 0.05) is 6.54 Å². The predicted octanol–water partition coefficient (Wildman–Crippen LogP) is 1.90. The molecule has 0 atom stereocenters. The predicted molar refractivity (Wildman–Crippen MR) is 44.8 cm³/mol. The second-order valence-corrected chi connectivity index (χ2v) is 2.71. The average Bonchev–Trinajstić information content (AvgIpc) is 1.59. The molecule has 0 saturated carbocycles. The van der Waals surface area contributed by atoms with Crippen molar-refractivity contribution in [1.82, 2.24) is 5.48 Å². The van der Waals surface area contributed by atoms with Crippen molar-refractivity contribution >= 4 is 17.0 Å². The number of halogens is 1. The molecule has 0 aliphatic carbocycles. The van der Waals surface area contributed by atoms with Crippen LogP contribution in [0.5, 0.6) is 0 Å². The van der Waals surface area contributed by atoms with Crippen LogP contribution in [0.2, 0.25) is 0 Å². The monoisotopic (exact) mass is 197 g/mol. The number of hydrogen-bond acceptors (Lipinski definition) is 2. The van der Waals surface area contributed by atoms with E-state index in [4.69, 9.17) is 4.84 Å². The molecule has 0 amide bonds. The van der Waals surface area contributed by atoms with Crippen molar-refractivity contribution in [2.75, 3.05) is 6.54 Å². The minimum Gasteiger partial charge on any atom is -0.296 e. The van der Waals surface area contributed by atoms with Gasteiger partial charge in [-0.05, 0) is 20.8 Å². The van der Waals surface area contributed by atoms with Crippen LogP contribution in [0.25, 0.3) is 0 Å². The molecule has 0 heterocycles. The Morgan fingerprint density at radius 3 is 1.89 bits per heavy atom. The van der Waals surface area contributed by atoms with Gasteiger partial charge < -0.3 is 0 Å². The van der Waals surface area contributed by atoms with Crippen molar-refractivity contribution in [2.24, 2.45) is 0 Å². The second-order valence-electron chi connectivity index (χ2n) is 2.71. The van der Waals surface area contributed by atoms with Crippen LogP contribution in [0.4, 0.5) is 0 Å². The molecule has 0 aromatic heterocycles. The summed E-state index contributed by atoms with van der Waals surface area (Å²) >= 11 is 0. The molecule has 0 spiro atoms. The van der Waals surface area contributed by atoms with E-state index < -0.39 is 0 Å². The molecular weight excluding hydrogens is 182 g/mol. The van der Waals surface area contributed by atoms with Gasteiger partial charge in [-0.25, -0.2) is 5.48 Å². The summed E-state index contributed by atoms with van der Waals surface area (Å²) in [5.74, 6) is 0. The maximum absolute atomic E-state index is 5.13. The van der Waals surface area contributed by atoms with E-state index in [1.807, 2.05) is 27.7 Å². The Morgan fingerprint density at radius 2 is 1.78 bits per heavy atom. The van der Waals surface area contributed by atoms with Crippen molar-refractivity contribution in [2.45, 2.75) is 33.3 Å². The Hall–Kier alpha value is 0.400. The fourth-order valence-electron chi connectivity index (χ4n) is 0.289. The zero-order chi connectivity index (χ0) is 6.62. The fourth-order valence-corrected chi connectivity index (χ4v) is 0.289. The van der Waals surface area contributed by atoms with Crippen LogP contribution in [-0.4, -0.2) is 12.1 Å². The normalized spacial score (nSPS) is 10.7. The SMILES string of the molecule is Br.CCNOC(C)(C)C. The highest BCUT2D eigenvalue weighted by atomic mass is 79.9. The summed E-state index contributed by atoms with van der Waals surface area (Å²) in [7, 11) is 0. The molecule has 0 aliphatic heterocycles. The molecule has 2 nitrogen and oxygen atoms in total. The Kier molecular flexibility index (Phi) is 7.01. The van der Waals surface area contributed by atoms with Crippen molar-refractivity contribution < 1.29 is 4.84 Å². The average molecular weight is 198 g/mol. The van der Waals surface area contributed by atoms with Crippen LogP contribution in [-0.2, 0) is 4.84 Å². The highest BCUT2D eigenvalue weighted by Gasteiger charge is 2.08. The first-order chi connectivity index (χ1) is 3.56. The quantitative estimate of drug-likeness (QED) is 0.684. The molecule has 0 radical (unpaired) electrons. The fraction of sp³-hybridized carbons (Fsp3) is 1.00. The maximum Gasteiger partial charge on any atom is 0.0812 e. The van der Waals surface area contributed by atoms with E-state index in [1.165, 1.54) is 0 Å². The molecule has 58 valence electrons. The van der Waals surface area contributed by atoms with Crippen molar-refractivity contribution in [3.8, 4) is 0 Å². The number of rotatable bonds is 2. The van der Waals surface area contributed by atoms with E-state index in [2.05, 4.69) is 5.48 Å². The van der Waals surface area contributed by atoms with Gasteiger partial charge in [-0.2, -0.15) is 0 Å². The Labute approximate surface area is 67.7 Å². The number of nitrogens with one attached hydrogen (secondary N) is 1. The van der Waals surface area contributed by atoms with Crippen LogP contribution in [0, 0.1) is 0 Å². The first kappa shape index (κ1) is 12.1. The minimum atomic E-state index is -0.0595. The number of hydrogen-bond donors (Lipinski definition) is 1. The molecule has 0 bridgehead atoms. The molecule has 0 aliphatic rings. The lowest BCUT2D eigenvalue weighted by Gasteiger charge is -2.18. The van der Waals surface area contributed by atoms with E-state index in [0.29, 0.717) is 0 Å². The zero-order valence-electron chi connectivity index (χ0n) is 6.52. The highest BCUT2D eigenvalue weighted by Crippen LogP contribution is 2.02. The van der Waals surface area contributed by atoms with E-state index in [9.17, 15) is 0 Å². The molecule has 0 unspecified atom stereocenters. The lowest BCUT2D eigenvalue weighted by atomic mass is 10.2. The van der Waals surface area contributed by atoms with Gasteiger partial charge in [0.15, 0.2) is 0 Å². The largest absolute Gasteiger partial charge is 0.296 e. The minimum absolute atomic E-state index is 0. The molecule has 0 fully saturated rings. The van der Waals surface area contributed by atoms with Crippen LogP contribution < -0.4 is 5.48 Å². The van der Waals surface area contributed by atoms with Crippen LogP contribution in [0.15, 0.2) is 0 Å². The number of hydroxylamine groups is 1. The van der Waals surface area contributed by atoms with Crippen molar-refractivity contribution in [3.63, 3.8) is 0 Å². The Balaban J connectivity index is 0. The summed E-state index contributed by atoms with van der Waals surface area (Å²) in [5, 5.41) is 0. The third-order valence-corrected chi connectivity index (χ3v) is 0.523. The van der Waals surface area contributed by atoms with Gasteiger partial charge in [0.1, 0.15) is 0 Å². The summed E-state index contributed by atoms with van der Waals surface area (Å²) in [5.41, 5.74) is 2.73. The summed E-state index contributed by atoms with van der Waals surface area (Å²) in [6, 6.07) is 0. The van der Waals surface area contributed by atoms with E-state index in [0.717, 1.165) is 6.54 Å². The van der Waals surface area contributed by atoms with Gasteiger partial charge in [-0.15, -0.1) is 17.0 Å². The van der Waals surface area contributed by atoms with Crippen molar-refractivity contribution in [3.05, 3.63) is 0 Å². The van der Waals surface area contributed by atoms with Gasteiger partial charge in [-0.1, -0.05) is 6.92 Å². The van der Waals surface area contributed by atoms with Gasteiger partial charge in [0.2, 0.25) is 0 Å². The molecular formula is C6H16BrNO. The van der Waals surface area contributed by atoms with Gasteiger partial charge in [0.25, 0.3) is 0 Å². The van der Waals surface area contributed by atoms with E-state index in [1.54, 1.807) is 0 Å². The lowest BCUT2D eigenvalue weighted by Crippen LogP contribution is -2.28. The second kappa shape index (κ2) is 5.21. The Morgan fingerprint density at radius 1 is 1.33 bits per heavy atom. The lowest BCUT2D eigenvalue weighted by molar-refractivity contribution is -0.0702. The van der Waals surface area contributed by atoms with E-state index in [-0.39, 0.29) is 22.6 Å². The molecule has 0 saturated heterocycles. The smallest absolute Gasteiger partial charge is 0.0812 e. The third kappa shape index (κ3) is 11.8. The molecule has 1 N–H and O–H groups in total. The molecule has 0 rings (SSSR count). The molecule has 3 heteroatoms. The topological polar surface area (TPSA) is 21.3 Å². The Bertz CT molecular complexity index is 60.6. The molecule has 0 aromatic rings. The first-order valence-corrected chi connectivity index (χ1v) is 2.97. The first-order valence-electron chi connectivity index (χ1n) is 2.97. The van der Waals surface area contributed by atoms with Crippen molar-refractivity contribution in [1.29, 1.82) is 0 Å². The van der Waals surface area contributed by atoms with Gasteiger partial charge in [-0.3, -0.25) is 4.84 Å². The maximum atomic E-state index is 5.13. The summed E-state index contributed by atoms with van der Waals surface area (Å²) in [6.07, 6.45) is 0. The highest BCUT2D eigenvalue weighted by molar-refractivity contribution is 8.93. The van der Waals surface area contributed by atoms with Gasteiger partial charge >= 0.3 is 0 Å². The molecule has 0 aromatic carbocycles. The molecule has 9 heavy (non-hydrogen) atoms. The zero-order valence-corrected chi connectivity index (χ0v) is 8.24. The summed E-state index contributed by atoms with van der Waals surface area (Å²) < 4.78 is 0. The van der Waals surface area contributed by atoms with Gasteiger partial charge in [0.05, 0.1) is 5.60 Å².